The lowest BCUT2D eigenvalue weighted by atomic mass is 10.1. The number of nitrogens with one attached hydrogen (secondary N) is 2. The number of ether oxygens (including phenoxy) is 1. The van der Waals surface area contributed by atoms with E-state index in [0.29, 0.717) is 16.8 Å². The van der Waals surface area contributed by atoms with Crippen LogP contribution in [-0.2, 0) is 0 Å². The Bertz CT molecular complexity index is 933. The van der Waals surface area contributed by atoms with E-state index in [1.54, 1.807) is 37.3 Å². The van der Waals surface area contributed by atoms with E-state index in [1.807, 2.05) is 0 Å². The van der Waals surface area contributed by atoms with Crippen LogP contribution in [0.4, 0.5) is 25.0 Å². The highest BCUT2D eigenvalue weighted by atomic mass is 19.3. The molecule has 4 N–H and O–H groups in total. The molecular weight excluding hydrogens is 406 g/mol. The molecule has 31 heavy (non-hydrogen) atoms. The number of primary amides is 1. The zero-order chi connectivity index (χ0) is 22.4. The fourth-order valence-electron chi connectivity index (χ4n) is 3.60. The van der Waals surface area contributed by atoms with E-state index < -0.39 is 24.6 Å². The van der Waals surface area contributed by atoms with Gasteiger partial charge in [-0.05, 0) is 62.1 Å². The van der Waals surface area contributed by atoms with E-state index in [9.17, 15) is 18.4 Å². The van der Waals surface area contributed by atoms with Crippen LogP contribution in [0.2, 0.25) is 0 Å². The first-order valence-corrected chi connectivity index (χ1v) is 10.1. The summed E-state index contributed by atoms with van der Waals surface area (Å²) >= 11 is 0. The average molecular weight is 432 g/mol. The van der Waals surface area contributed by atoms with Crippen molar-refractivity contribution in [3.63, 3.8) is 0 Å². The van der Waals surface area contributed by atoms with E-state index in [-0.39, 0.29) is 5.75 Å². The fourth-order valence-corrected chi connectivity index (χ4v) is 3.60. The number of halogens is 2. The molecule has 7 nitrogen and oxygen atoms in total. The minimum absolute atomic E-state index is 0.0168. The van der Waals surface area contributed by atoms with Crippen molar-refractivity contribution in [2.24, 2.45) is 5.73 Å². The third-order valence-corrected chi connectivity index (χ3v) is 5.16. The number of amides is 3. The number of hydrogen-bond acceptors (Lipinski definition) is 4. The monoisotopic (exact) mass is 432 g/mol. The van der Waals surface area contributed by atoms with Gasteiger partial charge in [-0.2, -0.15) is 8.78 Å². The van der Waals surface area contributed by atoms with Gasteiger partial charge in [0.1, 0.15) is 5.75 Å². The number of nitrogens with two attached hydrogens (primary N) is 1. The van der Waals surface area contributed by atoms with Crippen molar-refractivity contribution in [3.8, 4) is 5.75 Å². The zero-order valence-electron chi connectivity index (χ0n) is 17.2. The summed E-state index contributed by atoms with van der Waals surface area (Å²) < 4.78 is 29.3. The van der Waals surface area contributed by atoms with Gasteiger partial charge in [0, 0.05) is 18.7 Å². The Hall–Kier alpha value is -3.36. The van der Waals surface area contributed by atoms with Crippen molar-refractivity contribution in [3.05, 3.63) is 53.6 Å². The number of urea groups is 1. The van der Waals surface area contributed by atoms with Gasteiger partial charge in [-0.3, -0.25) is 4.79 Å². The molecule has 1 aliphatic heterocycles. The van der Waals surface area contributed by atoms with Gasteiger partial charge in [-0.15, -0.1) is 0 Å². The Morgan fingerprint density at radius 2 is 1.84 bits per heavy atom. The molecular formula is C22H26F2N4O3. The molecule has 0 radical (unpaired) electrons. The molecule has 0 bridgehead atoms. The number of alkyl halides is 2. The Morgan fingerprint density at radius 3 is 2.52 bits per heavy atom. The highest BCUT2D eigenvalue weighted by Gasteiger charge is 2.19. The molecule has 1 atom stereocenters. The lowest BCUT2D eigenvalue weighted by Gasteiger charge is -2.31. The van der Waals surface area contributed by atoms with E-state index in [2.05, 4.69) is 20.3 Å². The van der Waals surface area contributed by atoms with E-state index in [1.165, 1.54) is 12.1 Å². The largest absolute Gasteiger partial charge is 0.435 e. The highest BCUT2D eigenvalue weighted by Crippen LogP contribution is 2.30. The SMILES string of the molecule is CC(NC(=O)Nc1cc(C(N)=O)ccc1N1CCCCC1)c1cccc(OC(F)F)c1. The lowest BCUT2D eigenvalue weighted by molar-refractivity contribution is -0.0499. The molecule has 0 aliphatic carbocycles. The fraction of sp³-hybridized carbons (Fsp3) is 0.364. The normalized spacial score (nSPS) is 14.8. The Morgan fingerprint density at radius 1 is 1.10 bits per heavy atom. The molecule has 166 valence electrons. The van der Waals surface area contributed by atoms with Crippen molar-refractivity contribution < 1.29 is 23.1 Å². The summed E-state index contributed by atoms with van der Waals surface area (Å²) in [6.45, 7) is 0.526. The van der Waals surface area contributed by atoms with Crippen LogP contribution in [0.5, 0.6) is 5.75 Å². The summed E-state index contributed by atoms with van der Waals surface area (Å²) in [7, 11) is 0. The number of hydrogen-bond donors (Lipinski definition) is 3. The first-order valence-electron chi connectivity index (χ1n) is 10.1. The predicted molar refractivity (Wildman–Crippen MR) is 115 cm³/mol. The number of piperidine rings is 1. The second kappa shape index (κ2) is 10.1. The Kier molecular flexibility index (Phi) is 7.28. The van der Waals surface area contributed by atoms with Crippen LogP contribution in [0.3, 0.4) is 0 Å². The topological polar surface area (TPSA) is 96.7 Å². The molecule has 9 heteroatoms. The van der Waals surface area contributed by atoms with E-state index >= 15 is 0 Å². The van der Waals surface area contributed by atoms with Crippen molar-refractivity contribution in [2.45, 2.75) is 38.8 Å². The van der Waals surface area contributed by atoms with Crippen LogP contribution >= 0.6 is 0 Å². The van der Waals surface area contributed by atoms with Crippen molar-refractivity contribution >= 4 is 23.3 Å². The molecule has 1 unspecified atom stereocenters. The Balaban J connectivity index is 1.74. The maximum atomic E-state index is 12.7. The van der Waals surface area contributed by atoms with E-state index in [4.69, 9.17) is 5.73 Å². The molecule has 3 amide bonds. The van der Waals surface area contributed by atoms with Crippen molar-refractivity contribution in [2.75, 3.05) is 23.3 Å². The lowest BCUT2D eigenvalue weighted by Crippen LogP contribution is -2.34. The smallest absolute Gasteiger partial charge is 0.387 e. The minimum atomic E-state index is -2.92. The van der Waals surface area contributed by atoms with Crippen LogP contribution < -0.4 is 26.0 Å². The summed E-state index contributed by atoms with van der Waals surface area (Å²) in [4.78, 5) is 26.4. The third-order valence-electron chi connectivity index (χ3n) is 5.16. The highest BCUT2D eigenvalue weighted by molar-refractivity contribution is 5.99. The summed E-state index contributed by atoms with van der Waals surface area (Å²) in [5.74, 6) is -0.569. The van der Waals surface area contributed by atoms with Gasteiger partial charge < -0.3 is 26.0 Å². The number of rotatable bonds is 7. The maximum absolute atomic E-state index is 12.7. The molecule has 3 rings (SSSR count). The van der Waals surface area contributed by atoms with Crippen LogP contribution in [-0.4, -0.2) is 31.6 Å². The van der Waals surface area contributed by atoms with Crippen LogP contribution in [0.25, 0.3) is 0 Å². The van der Waals surface area contributed by atoms with Gasteiger partial charge in [-0.25, -0.2) is 4.79 Å². The number of benzene rings is 2. The molecule has 1 heterocycles. The predicted octanol–water partition coefficient (Wildman–Crippen LogP) is 4.26. The molecule has 2 aromatic rings. The minimum Gasteiger partial charge on any atom is -0.435 e. The average Bonchev–Trinajstić information content (AvgIpc) is 2.74. The molecule has 1 aliphatic rings. The number of carbonyl (C=O) groups is 2. The summed E-state index contributed by atoms with van der Waals surface area (Å²) in [6.07, 6.45) is 3.26. The number of carbonyl (C=O) groups excluding carboxylic acids is 2. The third kappa shape index (κ3) is 6.07. The molecule has 2 aromatic carbocycles. The van der Waals surface area contributed by atoms with Crippen LogP contribution in [0.15, 0.2) is 42.5 Å². The maximum Gasteiger partial charge on any atom is 0.387 e. The zero-order valence-corrected chi connectivity index (χ0v) is 17.2. The van der Waals surface area contributed by atoms with Gasteiger partial charge >= 0.3 is 12.6 Å². The Labute approximate surface area is 179 Å². The second-order valence-electron chi connectivity index (χ2n) is 7.42. The van der Waals surface area contributed by atoms with Crippen LogP contribution in [0, 0.1) is 0 Å². The second-order valence-corrected chi connectivity index (χ2v) is 7.42. The molecule has 0 spiro atoms. The molecule has 1 fully saturated rings. The quantitative estimate of drug-likeness (QED) is 0.609. The number of nitrogens with zero attached hydrogens (tertiary/aromatic N) is 1. The molecule has 1 saturated heterocycles. The summed E-state index contributed by atoms with van der Waals surface area (Å²) in [5.41, 5.74) is 7.60. The van der Waals surface area contributed by atoms with Crippen molar-refractivity contribution in [1.82, 2.24) is 5.32 Å². The van der Waals surface area contributed by atoms with E-state index in [0.717, 1.165) is 38.0 Å². The van der Waals surface area contributed by atoms with Gasteiger partial charge in [0.15, 0.2) is 0 Å². The van der Waals surface area contributed by atoms with Gasteiger partial charge in [-0.1, -0.05) is 12.1 Å². The summed E-state index contributed by atoms with van der Waals surface area (Å²) in [5, 5.41) is 5.58. The molecule has 0 aromatic heterocycles. The molecule has 0 saturated carbocycles. The first-order chi connectivity index (χ1) is 14.8. The summed E-state index contributed by atoms with van der Waals surface area (Å²) in [6, 6.07) is 10.2. The van der Waals surface area contributed by atoms with Crippen LogP contribution in [0.1, 0.15) is 48.1 Å². The van der Waals surface area contributed by atoms with Crippen molar-refractivity contribution in [1.29, 1.82) is 0 Å². The van der Waals surface area contributed by atoms with Gasteiger partial charge in [0.25, 0.3) is 0 Å². The number of anilines is 2. The first kappa shape index (κ1) is 22.3. The standard InChI is InChI=1S/C22H26F2N4O3/c1-14(15-6-5-7-17(12-15)31-21(23)24)26-22(30)27-18-13-16(20(25)29)8-9-19(18)28-10-3-2-4-11-28/h5-9,12-14,21H,2-4,10-11H2,1H3,(H2,25,29)(H2,26,27,30). The van der Waals surface area contributed by atoms with Gasteiger partial charge in [0.05, 0.1) is 17.4 Å². The van der Waals surface area contributed by atoms with Gasteiger partial charge in [0.2, 0.25) is 5.91 Å².